The predicted molar refractivity (Wildman–Crippen MR) is 64.1 cm³/mol. The molecule has 0 atom stereocenters. The van der Waals surface area contributed by atoms with Gasteiger partial charge in [0.2, 0.25) is 0 Å². The van der Waals surface area contributed by atoms with Crippen LogP contribution in [0.3, 0.4) is 0 Å². The van der Waals surface area contributed by atoms with E-state index in [2.05, 4.69) is 0 Å². The monoisotopic (exact) mass is 238 g/mol. The Morgan fingerprint density at radius 3 is 2.62 bits per heavy atom. The summed E-state index contributed by atoms with van der Waals surface area (Å²) in [5.74, 6) is 1.41. The highest BCUT2D eigenvalue weighted by Gasteiger charge is 2.21. The van der Waals surface area contributed by atoms with E-state index in [4.69, 9.17) is 0 Å². The van der Waals surface area contributed by atoms with Gasteiger partial charge in [-0.25, -0.2) is 4.39 Å². The van der Waals surface area contributed by atoms with E-state index in [-0.39, 0.29) is 5.82 Å². The Morgan fingerprint density at radius 2 is 2.00 bits per heavy atom. The maximum Gasteiger partial charge on any atom is 0.143 e. The number of ketones is 1. The van der Waals surface area contributed by atoms with E-state index in [0.717, 1.165) is 17.2 Å². The molecule has 0 aromatic heterocycles. The van der Waals surface area contributed by atoms with Crippen LogP contribution in [0, 0.1) is 11.7 Å². The van der Waals surface area contributed by atoms with Crippen LogP contribution in [-0.4, -0.2) is 11.5 Å². The van der Waals surface area contributed by atoms with Crippen molar-refractivity contribution in [3.8, 4) is 0 Å². The Morgan fingerprint density at radius 1 is 1.31 bits per heavy atom. The zero-order chi connectivity index (χ0) is 11.4. The minimum absolute atomic E-state index is 0.232. The molecule has 1 aromatic rings. The van der Waals surface area contributed by atoms with Crippen molar-refractivity contribution in [1.82, 2.24) is 0 Å². The van der Waals surface area contributed by atoms with Crippen molar-refractivity contribution in [2.24, 2.45) is 5.92 Å². The Bertz CT molecular complexity index is 357. The van der Waals surface area contributed by atoms with Crippen molar-refractivity contribution < 1.29 is 9.18 Å². The average molecular weight is 238 g/mol. The number of halogens is 1. The molecule has 0 aliphatic heterocycles. The van der Waals surface area contributed by atoms with E-state index in [0.29, 0.717) is 18.0 Å². The fourth-order valence-electron chi connectivity index (χ4n) is 1.54. The van der Waals surface area contributed by atoms with E-state index in [1.165, 1.54) is 36.7 Å². The molecule has 1 saturated carbocycles. The highest BCUT2D eigenvalue weighted by Crippen LogP contribution is 2.33. The molecule has 0 radical (unpaired) electrons. The van der Waals surface area contributed by atoms with Gasteiger partial charge in [0.25, 0.3) is 0 Å². The van der Waals surface area contributed by atoms with Crippen LogP contribution in [0.2, 0.25) is 0 Å². The average Bonchev–Trinajstić information content (AvgIpc) is 3.09. The molecule has 0 heterocycles. The SMILES string of the molecule is O=C(CCC1CC1)CSc1ccc(F)cc1. The molecule has 1 aliphatic carbocycles. The molecule has 1 aromatic carbocycles. The number of thioether (sulfide) groups is 1. The van der Waals surface area contributed by atoms with Crippen molar-refractivity contribution in [3.63, 3.8) is 0 Å². The van der Waals surface area contributed by atoms with Crippen LogP contribution in [-0.2, 0) is 4.79 Å². The van der Waals surface area contributed by atoms with E-state index in [1.807, 2.05) is 0 Å². The molecule has 86 valence electrons. The fourth-order valence-corrected chi connectivity index (χ4v) is 2.34. The number of hydrogen-bond acceptors (Lipinski definition) is 2. The van der Waals surface area contributed by atoms with Crippen LogP contribution in [0.4, 0.5) is 4.39 Å². The summed E-state index contributed by atoms with van der Waals surface area (Å²) in [6.45, 7) is 0. The minimum Gasteiger partial charge on any atom is -0.299 e. The molecule has 1 nitrogen and oxygen atoms in total. The Kier molecular flexibility index (Phi) is 3.99. The largest absolute Gasteiger partial charge is 0.299 e. The molecular formula is C13H15FOS. The summed E-state index contributed by atoms with van der Waals surface area (Å²) in [6.07, 6.45) is 4.37. The number of Topliss-reactive ketones (excluding diaryl/α,β-unsaturated/α-hetero) is 1. The first kappa shape index (κ1) is 11.6. The summed E-state index contributed by atoms with van der Waals surface area (Å²) in [4.78, 5) is 12.5. The molecule has 0 unspecified atom stereocenters. The molecule has 0 N–H and O–H groups in total. The van der Waals surface area contributed by atoms with Crippen LogP contribution in [0.15, 0.2) is 29.2 Å². The van der Waals surface area contributed by atoms with Crippen molar-refractivity contribution in [2.45, 2.75) is 30.6 Å². The second-order valence-electron chi connectivity index (χ2n) is 4.26. The molecule has 0 saturated heterocycles. The lowest BCUT2D eigenvalue weighted by atomic mass is 10.2. The van der Waals surface area contributed by atoms with Gasteiger partial charge in [0, 0.05) is 11.3 Å². The summed E-state index contributed by atoms with van der Waals surface area (Å²) in [5, 5.41) is 0. The Labute approximate surface area is 99.4 Å². The second kappa shape index (κ2) is 5.48. The maximum atomic E-state index is 12.6. The third kappa shape index (κ3) is 3.97. The maximum absolute atomic E-state index is 12.6. The standard InChI is InChI=1S/C13H15FOS/c14-11-4-7-13(8-5-11)16-9-12(15)6-3-10-1-2-10/h4-5,7-8,10H,1-3,6,9H2. The molecule has 1 aliphatic rings. The van der Waals surface area contributed by atoms with Crippen LogP contribution in [0.1, 0.15) is 25.7 Å². The zero-order valence-electron chi connectivity index (χ0n) is 9.12. The molecule has 3 heteroatoms. The first-order valence-electron chi connectivity index (χ1n) is 5.64. The highest BCUT2D eigenvalue weighted by molar-refractivity contribution is 8.00. The molecule has 0 amide bonds. The van der Waals surface area contributed by atoms with E-state index < -0.39 is 0 Å². The van der Waals surface area contributed by atoms with Gasteiger partial charge >= 0.3 is 0 Å². The van der Waals surface area contributed by atoms with E-state index in [1.54, 1.807) is 12.1 Å². The second-order valence-corrected chi connectivity index (χ2v) is 5.31. The Balaban J connectivity index is 1.69. The number of hydrogen-bond donors (Lipinski definition) is 0. The normalized spacial score (nSPS) is 15.1. The minimum atomic E-state index is -0.232. The van der Waals surface area contributed by atoms with Gasteiger partial charge in [-0.3, -0.25) is 4.79 Å². The summed E-state index contributed by atoms with van der Waals surface area (Å²) < 4.78 is 12.6. The number of carbonyl (C=O) groups is 1. The Hall–Kier alpha value is -0.830. The first-order chi connectivity index (χ1) is 7.74. The van der Waals surface area contributed by atoms with Crippen LogP contribution >= 0.6 is 11.8 Å². The smallest absolute Gasteiger partial charge is 0.143 e. The summed E-state index contributed by atoms with van der Waals surface area (Å²) in [5.41, 5.74) is 0. The molecule has 0 bridgehead atoms. The van der Waals surface area contributed by atoms with Crippen LogP contribution in [0.5, 0.6) is 0 Å². The third-order valence-corrected chi connectivity index (χ3v) is 3.81. The molecule has 2 rings (SSSR count). The van der Waals surface area contributed by atoms with Gasteiger partial charge in [0.05, 0.1) is 5.75 Å². The van der Waals surface area contributed by atoms with Crippen molar-refractivity contribution >= 4 is 17.5 Å². The molecule has 1 fully saturated rings. The van der Waals surface area contributed by atoms with Gasteiger partial charge in [-0.15, -0.1) is 11.8 Å². The van der Waals surface area contributed by atoms with Gasteiger partial charge in [0.1, 0.15) is 11.6 Å². The zero-order valence-corrected chi connectivity index (χ0v) is 9.93. The number of carbonyl (C=O) groups excluding carboxylic acids is 1. The first-order valence-corrected chi connectivity index (χ1v) is 6.62. The van der Waals surface area contributed by atoms with Gasteiger partial charge in [-0.1, -0.05) is 12.8 Å². The lowest BCUT2D eigenvalue weighted by molar-refractivity contribution is -0.116. The highest BCUT2D eigenvalue weighted by atomic mass is 32.2. The van der Waals surface area contributed by atoms with Gasteiger partial charge in [0.15, 0.2) is 0 Å². The van der Waals surface area contributed by atoms with Gasteiger partial charge < -0.3 is 0 Å². The predicted octanol–water partition coefficient (Wildman–Crippen LogP) is 3.68. The van der Waals surface area contributed by atoms with Crippen molar-refractivity contribution in [1.29, 1.82) is 0 Å². The molecule has 0 spiro atoms. The van der Waals surface area contributed by atoms with Crippen molar-refractivity contribution in [3.05, 3.63) is 30.1 Å². The van der Waals surface area contributed by atoms with Crippen LogP contribution in [0.25, 0.3) is 0 Å². The van der Waals surface area contributed by atoms with Gasteiger partial charge in [-0.2, -0.15) is 0 Å². The topological polar surface area (TPSA) is 17.1 Å². The summed E-state index contributed by atoms with van der Waals surface area (Å²) in [7, 11) is 0. The van der Waals surface area contributed by atoms with Crippen LogP contribution < -0.4 is 0 Å². The van der Waals surface area contributed by atoms with Crippen molar-refractivity contribution in [2.75, 3.05) is 5.75 Å². The summed E-state index contributed by atoms with van der Waals surface area (Å²) >= 11 is 1.49. The van der Waals surface area contributed by atoms with Gasteiger partial charge in [-0.05, 0) is 36.6 Å². The third-order valence-electron chi connectivity index (χ3n) is 2.74. The number of rotatable bonds is 6. The van der Waals surface area contributed by atoms with E-state index >= 15 is 0 Å². The summed E-state index contributed by atoms with van der Waals surface area (Å²) in [6, 6.07) is 6.29. The lowest BCUT2D eigenvalue weighted by Crippen LogP contribution is -2.01. The quantitative estimate of drug-likeness (QED) is 0.703. The molecule has 16 heavy (non-hydrogen) atoms. The number of benzene rings is 1. The fraction of sp³-hybridized carbons (Fsp3) is 0.462. The molecular weight excluding hydrogens is 223 g/mol. The van der Waals surface area contributed by atoms with E-state index in [9.17, 15) is 9.18 Å². The lowest BCUT2D eigenvalue weighted by Gasteiger charge is -2.01.